The average Bonchev–Trinajstić information content (AvgIpc) is 2.68. The minimum Gasteiger partial charge on any atom is -0.458 e. The van der Waals surface area contributed by atoms with E-state index < -0.39 is 29.5 Å². The third-order valence-electron chi connectivity index (χ3n) is 2.81. The molecule has 112 valence electrons. The molecule has 1 N–H and O–H groups in total. The number of ether oxygens (including phenoxy) is 1. The fourth-order valence-electron chi connectivity index (χ4n) is 2.06. The van der Waals surface area contributed by atoms with Gasteiger partial charge in [-0.1, -0.05) is 0 Å². The lowest BCUT2D eigenvalue weighted by Crippen LogP contribution is -2.40. The largest absolute Gasteiger partial charge is 0.458 e. The maximum Gasteiger partial charge on any atom is 0.435 e. The first kappa shape index (κ1) is 14.8. The molecule has 0 fully saturated rings. The number of esters is 1. The Hall–Kier alpha value is -1.57. The molecular weight excluding hydrogens is 275 g/mol. The van der Waals surface area contributed by atoms with Crippen molar-refractivity contribution in [2.45, 2.75) is 45.1 Å². The van der Waals surface area contributed by atoms with E-state index in [4.69, 9.17) is 4.74 Å². The molecule has 2 rings (SSSR count). The maximum atomic E-state index is 12.8. The van der Waals surface area contributed by atoms with Crippen molar-refractivity contribution < 1.29 is 22.7 Å². The summed E-state index contributed by atoms with van der Waals surface area (Å²) in [6.45, 7) is 5.36. The van der Waals surface area contributed by atoms with Crippen LogP contribution in [0.4, 0.5) is 13.2 Å². The number of aromatic nitrogens is 2. The van der Waals surface area contributed by atoms with Gasteiger partial charge < -0.3 is 14.6 Å². The second-order valence-electron chi connectivity index (χ2n) is 5.63. The van der Waals surface area contributed by atoms with Crippen LogP contribution in [-0.2, 0) is 22.3 Å². The number of hydrogen-bond acceptors (Lipinski definition) is 4. The quantitative estimate of drug-likeness (QED) is 0.803. The van der Waals surface area contributed by atoms with Gasteiger partial charge in [0.15, 0.2) is 5.69 Å². The number of nitrogens with zero attached hydrogens (tertiary/aromatic N) is 2. The van der Waals surface area contributed by atoms with Gasteiger partial charge in [0.25, 0.3) is 0 Å². The van der Waals surface area contributed by atoms with Crippen molar-refractivity contribution in [2.75, 3.05) is 6.54 Å². The first-order valence-electron chi connectivity index (χ1n) is 6.16. The van der Waals surface area contributed by atoms with E-state index in [1.165, 1.54) is 4.57 Å². The fourth-order valence-corrected chi connectivity index (χ4v) is 2.06. The van der Waals surface area contributed by atoms with Crippen LogP contribution >= 0.6 is 0 Å². The van der Waals surface area contributed by atoms with Gasteiger partial charge in [0.2, 0.25) is 0 Å². The monoisotopic (exact) mass is 291 g/mol. The Morgan fingerprint density at radius 1 is 1.45 bits per heavy atom. The van der Waals surface area contributed by atoms with Gasteiger partial charge in [-0.15, -0.1) is 0 Å². The topological polar surface area (TPSA) is 56.1 Å². The van der Waals surface area contributed by atoms with Gasteiger partial charge in [0.1, 0.15) is 11.6 Å². The molecule has 1 aliphatic heterocycles. The number of nitrogens with one attached hydrogen (secondary N) is 1. The van der Waals surface area contributed by atoms with E-state index in [1.54, 1.807) is 20.8 Å². The number of fused-ring (bicyclic) bond motifs is 1. The number of carbonyl (C=O) groups is 1. The number of halogens is 3. The van der Waals surface area contributed by atoms with E-state index in [1.807, 2.05) is 0 Å². The second-order valence-corrected chi connectivity index (χ2v) is 5.63. The normalized spacial score (nSPS) is 19.6. The van der Waals surface area contributed by atoms with E-state index in [0.717, 1.165) is 6.33 Å². The van der Waals surface area contributed by atoms with Crippen molar-refractivity contribution in [2.24, 2.45) is 0 Å². The Bertz CT molecular complexity index is 517. The molecule has 1 atom stereocenters. The molecule has 1 aromatic rings. The van der Waals surface area contributed by atoms with E-state index in [2.05, 4.69) is 10.3 Å². The lowest BCUT2D eigenvalue weighted by molar-refractivity contribution is -0.159. The van der Waals surface area contributed by atoms with Crippen molar-refractivity contribution in [3.05, 3.63) is 17.7 Å². The minimum absolute atomic E-state index is 0.0220. The molecule has 0 aromatic carbocycles. The van der Waals surface area contributed by atoms with Crippen LogP contribution in [0.3, 0.4) is 0 Å². The molecule has 20 heavy (non-hydrogen) atoms. The SMILES string of the molecule is CC(C)(C)OC(=O)C1CNCc2c(C(F)(F)F)ncn21. The molecular formula is C12H16F3N3O2. The van der Waals surface area contributed by atoms with Crippen molar-refractivity contribution in [1.29, 1.82) is 0 Å². The number of carbonyl (C=O) groups excluding carboxylic acids is 1. The van der Waals surface area contributed by atoms with E-state index in [-0.39, 0.29) is 18.8 Å². The zero-order chi connectivity index (χ0) is 15.1. The van der Waals surface area contributed by atoms with E-state index >= 15 is 0 Å². The number of alkyl halides is 3. The highest BCUT2D eigenvalue weighted by molar-refractivity contribution is 5.75. The lowest BCUT2D eigenvalue weighted by atomic mass is 10.1. The van der Waals surface area contributed by atoms with E-state index in [9.17, 15) is 18.0 Å². The molecule has 5 nitrogen and oxygen atoms in total. The molecule has 0 radical (unpaired) electrons. The first-order chi connectivity index (χ1) is 9.09. The predicted octanol–water partition coefficient (Wildman–Crippen LogP) is 1.89. The Balaban J connectivity index is 2.30. The summed E-state index contributed by atoms with van der Waals surface area (Å²) in [6.07, 6.45) is -3.48. The van der Waals surface area contributed by atoms with Crippen molar-refractivity contribution in [3.63, 3.8) is 0 Å². The molecule has 0 amide bonds. The van der Waals surface area contributed by atoms with E-state index in [0.29, 0.717) is 0 Å². The van der Waals surface area contributed by atoms with Gasteiger partial charge in [-0.3, -0.25) is 0 Å². The van der Waals surface area contributed by atoms with Crippen molar-refractivity contribution in [3.8, 4) is 0 Å². The Morgan fingerprint density at radius 3 is 2.65 bits per heavy atom. The summed E-state index contributed by atoms with van der Waals surface area (Å²) in [6, 6.07) is -0.832. The van der Waals surface area contributed by atoms with Gasteiger partial charge in [0, 0.05) is 13.1 Å². The highest BCUT2D eigenvalue weighted by Gasteiger charge is 2.40. The molecule has 8 heteroatoms. The zero-order valence-corrected chi connectivity index (χ0v) is 11.4. The highest BCUT2D eigenvalue weighted by atomic mass is 19.4. The predicted molar refractivity (Wildman–Crippen MR) is 63.8 cm³/mol. The molecule has 1 aromatic heterocycles. The summed E-state index contributed by atoms with van der Waals surface area (Å²) >= 11 is 0. The smallest absolute Gasteiger partial charge is 0.435 e. The van der Waals surface area contributed by atoms with Crippen LogP contribution in [0.2, 0.25) is 0 Å². The molecule has 1 unspecified atom stereocenters. The Kier molecular flexibility index (Phi) is 3.53. The fraction of sp³-hybridized carbons (Fsp3) is 0.667. The summed E-state index contributed by atoms with van der Waals surface area (Å²) in [5, 5.41) is 2.79. The van der Waals surface area contributed by atoms with Gasteiger partial charge in [-0.25, -0.2) is 9.78 Å². The Morgan fingerprint density at radius 2 is 2.10 bits per heavy atom. The number of imidazole rings is 1. The minimum atomic E-state index is -4.53. The summed E-state index contributed by atoms with van der Waals surface area (Å²) in [5.41, 5.74) is -1.69. The lowest BCUT2D eigenvalue weighted by Gasteiger charge is -2.29. The summed E-state index contributed by atoms with van der Waals surface area (Å²) in [5.74, 6) is -0.572. The molecule has 0 saturated heterocycles. The van der Waals surface area contributed by atoms with Gasteiger partial charge in [-0.05, 0) is 20.8 Å². The van der Waals surface area contributed by atoms with Gasteiger partial charge in [0.05, 0.1) is 12.0 Å². The van der Waals surface area contributed by atoms with Crippen LogP contribution in [0.15, 0.2) is 6.33 Å². The average molecular weight is 291 g/mol. The van der Waals surface area contributed by atoms with Crippen LogP contribution in [0.1, 0.15) is 38.2 Å². The molecule has 0 saturated carbocycles. The zero-order valence-electron chi connectivity index (χ0n) is 11.4. The van der Waals surface area contributed by atoms with Gasteiger partial charge >= 0.3 is 12.1 Å². The standard InChI is InChI=1S/C12H16F3N3O2/c1-11(2,3)20-10(19)8-5-16-4-7-9(12(13,14)15)17-6-18(7)8/h6,8,16H,4-5H2,1-3H3. The van der Waals surface area contributed by atoms with Crippen LogP contribution < -0.4 is 5.32 Å². The number of hydrogen-bond donors (Lipinski definition) is 1. The van der Waals surface area contributed by atoms with Crippen molar-refractivity contribution in [1.82, 2.24) is 14.9 Å². The molecule has 0 aliphatic carbocycles. The molecule has 0 spiro atoms. The van der Waals surface area contributed by atoms with Gasteiger partial charge in [-0.2, -0.15) is 13.2 Å². The molecule has 1 aliphatic rings. The second kappa shape index (κ2) is 4.76. The van der Waals surface area contributed by atoms with Crippen LogP contribution in [-0.4, -0.2) is 27.7 Å². The Labute approximate surface area is 114 Å². The third-order valence-corrected chi connectivity index (χ3v) is 2.81. The molecule has 0 bridgehead atoms. The van der Waals surface area contributed by atoms with Crippen LogP contribution in [0.5, 0.6) is 0 Å². The summed E-state index contributed by atoms with van der Waals surface area (Å²) in [4.78, 5) is 15.4. The third kappa shape index (κ3) is 2.95. The highest BCUT2D eigenvalue weighted by Crippen LogP contribution is 2.33. The van der Waals surface area contributed by atoms with Crippen molar-refractivity contribution >= 4 is 5.97 Å². The summed E-state index contributed by atoms with van der Waals surface area (Å²) in [7, 11) is 0. The number of rotatable bonds is 1. The van der Waals surface area contributed by atoms with Crippen LogP contribution in [0, 0.1) is 0 Å². The molecule has 2 heterocycles. The summed E-state index contributed by atoms with van der Waals surface area (Å²) < 4.78 is 44.8. The maximum absolute atomic E-state index is 12.8. The first-order valence-corrected chi connectivity index (χ1v) is 6.16. The van der Waals surface area contributed by atoms with Crippen LogP contribution in [0.25, 0.3) is 0 Å².